The van der Waals surface area contributed by atoms with Crippen LogP contribution >= 0.6 is 0 Å². The van der Waals surface area contributed by atoms with Crippen LogP contribution in [0.1, 0.15) is 105 Å². The maximum Gasteiger partial charge on any atom is 3.00 e. The molecule has 1 N–H and O–H groups in total. The third-order valence-electron chi connectivity index (χ3n) is 11.5. The van der Waals surface area contributed by atoms with Gasteiger partial charge in [-0.05, 0) is 95.2 Å². The Bertz CT molecular complexity index is 1530. The van der Waals surface area contributed by atoms with Crippen molar-refractivity contribution in [2.24, 2.45) is 23.7 Å². The van der Waals surface area contributed by atoms with Gasteiger partial charge >= 0.3 is 21.7 Å². The van der Waals surface area contributed by atoms with Crippen LogP contribution < -0.4 is 5.19 Å². The second-order valence-electron chi connectivity index (χ2n) is 17.0. The van der Waals surface area contributed by atoms with Crippen molar-refractivity contribution in [3.05, 3.63) is 139 Å². The number of benzene rings is 3. The molecule has 0 aliphatic heterocycles. The van der Waals surface area contributed by atoms with Crippen LogP contribution in [0.4, 0.5) is 0 Å². The number of phenolic OH excluding ortho intramolecular Hbond substituents is 1. The summed E-state index contributed by atoms with van der Waals surface area (Å²) in [5.41, 5.74) is 11.4. The molecule has 0 heterocycles. The van der Waals surface area contributed by atoms with Crippen molar-refractivity contribution in [2.45, 2.75) is 113 Å². The fourth-order valence-corrected chi connectivity index (χ4v) is 12.8. The average molecular weight is 712 g/mol. The van der Waals surface area contributed by atoms with Crippen molar-refractivity contribution in [1.29, 1.82) is 0 Å². The quantitative estimate of drug-likeness (QED) is 0.207. The maximum absolute atomic E-state index is 11.8. The minimum atomic E-state index is -2.05. The van der Waals surface area contributed by atoms with E-state index in [0.717, 1.165) is 16.7 Å². The normalized spacial score (nSPS) is 22.0. The summed E-state index contributed by atoms with van der Waals surface area (Å²) in [4.78, 5) is 0. The first-order valence-corrected chi connectivity index (χ1v) is 20.7. The van der Waals surface area contributed by atoms with E-state index in [1.165, 1.54) is 21.9 Å². The van der Waals surface area contributed by atoms with Crippen molar-refractivity contribution in [1.82, 2.24) is 0 Å². The molecule has 1 nitrogen and oxygen atoms in total. The molecule has 0 bridgehead atoms. The first-order valence-electron chi connectivity index (χ1n) is 17.6. The van der Waals surface area contributed by atoms with Gasteiger partial charge in [-0.15, -0.1) is 24.3 Å². The van der Waals surface area contributed by atoms with Gasteiger partial charge in [-0.1, -0.05) is 104 Å². The van der Waals surface area contributed by atoms with Gasteiger partial charge in [0, 0.05) is 0 Å². The van der Waals surface area contributed by atoms with Crippen molar-refractivity contribution in [3.8, 4) is 5.75 Å². The molecule has 265 valence electrons. The number of aromatic hydroxyl groups is 1. The Morgan fingerprint density at radius 2 is 1.04 bits per heavy atom. The minimum Gasteiger partial charge on any atom is -0.508 e. The monoisotopic (exact) mass is 711 g/mol. The van der Waals surface area contributed by atoms with Crippen molar-refractivity contribution in [2.75, 3.05) is 0 Å². The molecule has 1 fully saturated rings. The van der Waals surface area contributed by atoms with Gasteiger partial charge in [-0.25, -0.2) is 0 Å². The number of hydrogen-bond acceptors (Lipinski definition) is 1. The molecular formula is C46H67OSiTi. The summed E-state index contributed by atoms with van der Waals surface area (Å²) in [5.74, 6) is 3.11. The van der Waals surface area contributed by atoms with E-state index in [1.54, 1.807) is 11.1 Å². The second kappa shape index (κ2) is 17.2. The summed E-state index contributed by atoms with van der Waals surface area (Å²) in [6.07, 6.45) is 0. The van der Waals surface area contributed by atoms with E-state index in [4.69, 9.17) is 0 Å². The van der Waals surface area contributed by atoms with Crippen molar-refractivity contribution in [3.63, 3.8) is 0 Å². The first-order chi connectivity index (χ1) is 21.6. The van der Waals surface area contributed by atoms with Crippen LogP contribution in [-0.4, -0.2) is 13.2 Å². The molecule has 3 heteroatoms. The predicted octanol–water partition coefficient (Wildman–Crippen LogP) is 12.7. The van der Waals surface area contributed by atoms with Crippen molar-refractivity contribution < 1.29 is 26.8 Å². The summed E-state index contributed by atoms with van der Waals surface area (Å²) < 4.78 is 0. The minimum absolute atomic E-state index is 0. The van der Waals surface area contributed by atoms with E-state index >= 15 is 0 Å². The Hall–Kier alpha value is -2.39. The number of fused-ring (bicyclic) bond motifs is 1. The summed E-state index contributed by atoms with van der Waals surface area (Å²) >= 11 is 0. The number of phenols is 1. The third-order valence-corrected chi connectivity index (χ3v) is 15.8. The summed E-state index contributed by atoms with van der Waals surface area (Å²) in [6, 6.07) is 24.4. The molecule has 5 unspecified atom stereocenters. The van der Waals surface area contributed by atoms with Gasteiger partial charge in [0.1, 0.15) is 5.75 Å². The van der Waals surface area contributed by atoms with Gasteiger partial charge in [0.2, 0.25) is 0 Å². The van der Waals surface area contributed by atoms with Crippen LogP contribution in [0.15, 0.2) is 95.1 Å². The van der Waals surface area contributed by atoms with E-state index in [1.807, 2.05) is 60.7 Å². The molecule has 3 aromatic rings. The molecule has 5 atom stereocenters. The zero-order valence-electron chi connectivity index (χ0n) is 33.7. The predicted molar refractivity (Wildman–Crippen MR) is 217 cm³/mol. The maximum atomic E-state index is 11.8. The van der Waals surface area contributed by atoms with Gasteiger partial charge < -0.3 is 12.5 Å². The van der Waals surface area contributed by atoms with Gasteiger partial charge in [0.25, 0.3) is 0 Å². The first kappa shape index (κ1) is 44.6. The van der Waals surface area contributed by atoms with E-state index in [0.29, 0.717) is 35.0 Å². The van der Waals surface area contributed by atoms with E-state index < -0.39 is 8.07 Å². The van der Waals surface area contributed by atoms with Gasteiger partial charge in [0.05, 0.1) is 8.07 Å². The Balaban J connectivity index is 0.000000618. The summed E-state index contributed by atoms with van der Waals surface area (Å²) in [6.45, 7) is 40.6. The fourth-order valence-electron chi connectivity index (χ4n) is 8.20. The van der Waals surface area contributed by atoms with Crippen LogP contribution in [-0.2, 0) is 32.5 Å². The largest absolute Gasteiger partial charge is 3.00 e. The Morgan fingerprint density at radius 3 is 1.39 bits per heavy atom. The van der Waals surface area contributed by atoms with E-state index in [9.17, 15) is 5.11 Å². The molecular weight excluding hydrogens is 644 g/mol. The number of hydrogen-bond donors (Lipinski definition) is 1. The topological polar surface area (TPSA) is 20.2 Å². The molecule has 1 saturated carbocycles. The SMILES string of the molecule is CC1=C(C)C2C(C)C(C)C([Si](C)(C)c3cc(C(C)(C)C)cc(C(C)(C)C)c3O)C2C(C)=C1C.[CH2-]c1ccccc1.[CH2-]c1ccccc1.[CH3-].[Ti+3]. The number of allylic oxidation sites excluding steroid dienone is 4. The van der Waals surface area contributed by atoms with Gasteiger partial charge in [-0.2, -0.15) is 49.2 Å². The molecule has 5 rings (SSSR count). The molecule has 2 aliphatic carbocycles. The van der Waals surface area contributed by atoms with Gasteiger partial charge in [0.15, 0.2) is 0 Å². The Kier molecular flexibility index (Phi) is 15.7. The van der Waals surface area contributed by atoms with Crippen LogP contribution in [0, 0.1) is 44.9 Å². The zero-order chi connectivity index (χ0) is 35.6. The second-order valence-corrected chi connectivity index (χ2v) is 21.7. The molecule has 0 saturated heterocycles. The zero-order valence-corrected chi connectivity index (χ0v) is 36.2. The Labute approximate surface area is 319 Å². The summed E-state index contributed by atoms with van der Waals surface area (Å²) in [5, 5.41) is 13.1. The molecule has 0 amide bonds. The molecule has 3 aromatic carbocycles. The molecule has 2 aliphatic rings. The number of rotatable bonds is 2. The van der Waals surface area contributed by atoms with Crippen LogP contribution in [0.5, 0.6) is 5.75 Å². The molecule has 0 spiro atoms. The van der Waals surface area contributed by atoms with E-state index in [-0.39, 0.29) is 40.0 Å². The third kappa shape index (κ3) is 9.90. The van der Waals surface area contributed by atoms with Gasteiger partial charge in [-0.3, -0.25) is 0 Å². The van der Waals surface area contributed by atoms with Crippen LogP contribution in [0.3, 0.4) is 0 Å². The standard InChI is InChI=1S/C31H50OSi.2C7H7.CH3.Ti/c1-17-18(2)20(4)27-26(19(17)3)21(5)22(6)29(27)33(13,14)25-16-23(30(7,8)9)15-24(28(25)32)31(10,11)12;2*1-7-5-3-2-4-6-7;;/h15-16,21-22,26-27,29,32H,1-14H3;2*2-6H,1H2;1H3;/q;3*-1;+3. The Morgan fingerprint density at radius 1 is 0.633 bits per heavy atom. The van der Waals surface area contributed by atoms with Crippen LogP contribution in [0.25, 0.3) is 0 Å². The smallest absolute Gasteiger partial charge is 0.508 e. The van der Waals surface area contributed by atoms with Crippen molar-refractivity contribution >= 4 is 13.3 Å². The molecule has 0 aromatic heterocycles. The fraction of sp³-hybridized carbons (Fsp3) is 0.457. The molecule has 49 heavy (non-hydrogen) atoms. The van der Waals surface area contributed by atoms with Crippen LogP contribution in [0.2, 0.25) is 18.6 Å². The van der Waals surface area contributed by atoms with E-state index in [2.05, 4.69) is 122 Å². The molecule has 1 radical (unpaired) electrons. The summed E-state index contributed by atoms with van der Waals surface area (Å²) in [7, 11) is -2.05. The average Bonchev–Trinajstić information content (AvgIpc) is 3.26.